The van der Waals surface area contributed by atoms with Gasteiger partial charge in [-0.3, -0.25) is 0 Å². The van der Waals surface area contributed by atoms with E-state index in [0.29, 0.717) is 6.54 Å². The van der Waals surface area contributed by atoms with E-state index >= 15 is 0 Å². The van der Waals surface area contributed by atoms with Crippen LogP contribution in [0.3, 0.4) is 0 Å². The normalized spacial score (nSPS) is 14.0. The number of fused-ring (bicyclic) bond motifs is 1. The third-order valence-electron chi connectivity index (χ3n) is 2.44. The number of benzene rings is 1. The Labute approximate surface area is 98.9 Å². The Hall–Kier alpha value is -0.310. The summed E-state index contributed by atoms with van der Waals surface area (Å²) in [6, 6.07) is 6.42. The fourth-order valence-electron chi connectivity index (χ4n) is 1.79. The highest BCUT2D eigenvalue weighted by atomic mass is 79.9. The van der Waals surface area contributed by atoms with Crippen molar-refractivity contribution in [2.45, 2.75) is 12.8 Å². The van der Waals surface area contributed by atoms with E-state index in [1.54, 1.807) is 0 Å². The van der Waals surface area contributed by atoms with E-state index in [1.807, 2.05) is 0 Å². The van der Waals surface area contributed by atoms with Crippen LogP contribution in [0.15, 0.2) is 28.7 Å². The highest BCUT2D eigenvalue weighted by Crippen LogP contribution is 2.27. The molecule has 1 aliphatic rings. The third kappa shape index (κ3) is 2.19. The van der Waals surface area contributed by atoms with Gasteiger partial charge in [-0.1, -0.05) is 28.1 Å². The van der Waals surface area contributed by atoms with E-state index in [4.69, 9.17) is 5.73 Å². The Morgan fingerprint density at radius 1 is 1.36 bits per heavy atom. The first-order valence-electron chi connectivity index (χ1n) is 4.49. The second kappa shape index (κ2) is 4.96. The first kappa shape index (κ1) is 11.8. The number of allylic oxidation sites excluding steroid dienone is 1. The average Bonchev–Trinajstić information content (AvgIpc) is 2.16. The lowest BCUT2D eigenvalue weighted by Gasteiger charge is -2.16. The summed E-state index contributed by atoms with van der Waals surface area (Å²) in [5, 5.41) is 0. The van der Waals surface area contributed by atoms with Gasteiger partial charge in [-0.05, 0) is 41.7 Å². The number of hydrogen-bond acceptors (Lipinski definition) is 1. The molecular formula is C11H13BrClN. The van der Waals surface area contributed by atoms with Gasteiger partial charge in [0.05, 0.1) is 0 Å². The molecule has 0 saturated carbocycles. The van der Waals surface area contributed by atoms with E-state index in [9.17, 15) is 0 Å². The van der Waals surface area contributed by atoms with Gasteiger partial charge in [0.2, 0.25) is 0 Å². The molecule has 0 atom stereocenters. The molecule has 0 fully saturated rings. The van der Waals surface area contributed by atoms with Crippen molar-refractivity contribution in [3.63, 3.8) is 0 Å². The largest absolute Gasteiger partial charge is 0.326 e. The summed E-state index contributed by atoms with van der Waals surface area (Å²) in [5.74, 6) is 0. The van der Waals surface area contributed by atoms with Gasteiger partial charge in [0.25, 0.3) is 0 Å². The number of nitrogens with two attached hydrogens (primary N) is 1. The fourth-order valence-corrected chi connectivity index (χ4v) is 2.20. The summed E-state index contributed by atoms with van der Waals surface area (Å²) in [6.45, 7) is 0.647. The monoisotopic (exact) mass is 273 g/mol. The van der Waals surface area contributed by atoms with Crippen LogP contribution in [0, 0.1) is 0 Å². The molecule has 14 heavy (non-hydrogen) atoms. The van der Waals surface area contributed by atoms with Gasteiger partial charge in [0, 0.05) is 11.0 Å². The van der Waals surface area contributed by atoms with Gasteiger partial charge in [-0.15, -0.1) is 12.4 Å². The molecule has 1 aliphatic carbocycles. The molecule has 0 radical (unpaired) electrons. The van der Waals surface area contributed by atoms with Crippen LogP contribution in [0.2, 0.25) is 0 Å². The number of aryl methyl sites for hydroxylation is 1. The SMILES string of the molecule is Cl.NCC1=CCCc2cc(Br)ccc21. The van der Waals surface area contributed by atoms with E-state index < -0.39 is 0 Å². The predicted molar refractivity (Wildman–Crippen MR) is 66.7 cm³/mol. The Bertz CT molecular complexity index is 360. The molecule has 3 heteroatoms. The first-order chi connectivity index (χ1) is 6.31. The number of rotatable bonds is 1. The summed E-state index contributed by atoms with van der Waals surface area (Å²) < 4.78 is 1.16. The van der Waals surface area contributed by atoms with Crippen LogP contribution in [-0.4, -0.2) is 6.54 Å². The van der Waals surface area contributed by atoms with E-state index in [1.165, 1.54) is 16.7 Å². The molecule has 0 heterocycles. The summed E-state index contributed by atoms with van der Waals surface area (Å²) >= 11 is 3.48. The Balaban J connectivity index is 0.000000980. The quantitative estimate of drug-likeness (QED) is 0.836. The molecule has 1 aromatic carbocycles. The maximum atomic E-state index is 5.68. The standard InChI is InChI=1S/C11H12BrN.ClH/c12-10-4-5-11-8(6-10)2-1-3-9(11)7-13;/h3-6H,1-2,7,13H2;1H. The van der Waals surface area contributed by atoms with Crippen LogP contribution < -0.4 is 5.73 Å². The number of halogens is 2. The molecule has 2 rings (SSSR count). The lowest BCUT2D eigenvalue weighted by molar-refractivity contribution is 0.965. The molecule has 1 aromatic rings. The minimum atomic E-state index is 0. The lowest BCUT2D eigenvalue weighted by Crippen LogP contribution is -2.08. The smallest absolute Gasteiger partial charge is 0.0181 e. The van der Waals surface area contributed by atoms with Crippen LogP contribution in [0.25, 0.3) is 5.57 Å². The Morgan fingerprint density at radius 3 is 2.86 bits per heavy atom. The molecule has 0 aliphatic heterocycles. The zero-order valence-corrected chi connectivity index (χ0v) is 10.2. The van der Waals surface area contributed by atoms with E-state index in [2.05, 4.69) is 40.2 Å². The van der Waals surface area contributed by atoms with Crippen molar-refractivity contribution in [3.8, 4) is 0 Å². The van der Waals surface area contributed by atoms with Gasteiger partial charge in [-0.2, -0.15) is 0 Å². The maximum Gasteiger partial charge on any atom is 0.0181 e. The maximum absolute atomic E-state index is 5.68. The summed E-state index contributed by atoms with van der Waals surface area (Å²) in [4.78, 5) is 0. The summed E-state index contributed by atoms with van der Waals surface area (Å²) in [7, 11) is 0. The molecular weight excluding hydrogens is 261 g/mol. The van der Waals surface area contributed by atoms with Crippen LogP contribution in [0.4, 0.5) is 0 Å². The lowest BCUT2D eigenvalue weighted by atomic mass is 9.91. The van der Waals surface area contributed by atoms with Gasteiger partial charge in [0.1, 0.15) is 0 Å². The van der Waals surface area contributed by atoms with Gasteiger partial charge >= 0.3 is 0 Å². The molecule has 0 unspecified atom stereocenters. The van der Waals surface area contributed by atoms with Crippen molar-refractivity contribution in [1.29, 1.82) is 0 Å². The summed E-state index contributed by atoms with van der Waals surface area (Å²) in [6.07, 6.45) is 4.50. The zero-order chi connectivity index (χ0) is 9.26. The van der Waals surface area contributed by atoms with Crippen LogP contribution in [0.5, 0.6) is 0 Å². The van der Waals surface area contributed by atoms with Crippen molar-refractivity contribution < 1.29 is 0 Å². The van der Waals surface area contributed by atoms with Gasteiger partial charge < -0.3 is 5.73 Å². The molecule has 0 saturated heterocycles. The molecule has 0 spiro atoms. The second-order valence-corrected chi connectivity index (χ2v) is 4.19. The second-order valence-electron chi connectivity index (χ2n) is 3.27. The minimum absolute atomic E-state index is 0. The highest BCUT2D eigenvalue weighted by Gasteiger charge is 2.10. The molecule has 2 N–H and O–H groups in total. The van der Waals surface area contributed by atoms with Crippen molar-refractivity contribution in [3.05, 3.63) is 39.9 Å². The number of hydrogen-bond donors (Lipinski definition) is 1. The van der Waals surface area contributed by atoms with Gasteiger partial charge in [0.15, 0.2) is 0 Å². The van der Waals surface area contributed by atoms with Crippen LogP contribution in [0.1, 0.15) is 17.5 Å². The fraction of sp³-hybridized carbons (Fsp3) is 0.273. The van der Waals surface area contributed by atoms with E-state index in [-0.39, 0.29) is 12.4 Å². The van der Waals surface area contributed by atoms with Crippen molar-refractivity contribution in [2.75, 3.05) is 6.54 Å². The predicted octanol–water partition coefficient (Wildman–Crippen LogP) is 3.16. The first-order valence-corrected chi connectivity index (χ1v) is 5.28. The van der Waals surface area contributed by atoms with E-state index in [0.717, 1.165) is 17.3 Å². The molecule has 0 amide bonds. The van der Waals surface area contributed by atoms with Crippen LogP contribution >= 0.6 is 28.3 Å². The molecule has 0 bridgehead atoms. The Kier molecular flexibility index (Phi) is 4.17. The van der Waals surface area contributed by atoms with Crippen molar-refractivity contribution in [1.82, 2.24) is 0 Å². The average molecular weight is 275 g/mol. The van der Waals surface area contributed by atoms with Crippen LogP contribution in [-0.2, 0) is 6.42 Å². The molecule has 76 valence electrons. The topological polar surface area (TPSA) is 26.0 Å². The Morgan fingerprint density at radius 2 is 2.14 bits per heavy atom. The van der Waals surface area contributed by atoms with Crippen molar-refractivity contribution >= 4 is 33.9 Å². The third-order valence-corrected chi connectivity index (χ3v) is 2.93. The summed E-state index contributed by atoms with van der Waals surface area (Å²) in [5.41, 5.74) is 9.71. The van der Waals surface area contributed by atoms with Crippen molar-refractivity contribution in [2.24, 2.45) is 5.73 Å². The molecule has 0 aromatic heterocycles. The zero-order valence-electron chi connectivity index (χ0n) is 7.79. The van der Waals surface area contributed by atoms with Gasteiger partial charge in [-0.25, -0.2) is 0 Å². The highest BCUT2D eigenvalue weighted by molar-refractivity contribution is 9.10. The molecule has 1 nitrogen and oxygen atoms in total. The minimum Gasteiger partial charge on any atom is -0.326 e.